The van der Waals surface area contributed by atoms with Gasteiger partial charge in [0.25, 0.3) is 0 Å². The molecule has 18 heavy (non-hydrogen) atoms. The normalized spacial score (nSPS) is 33.3. The summed E-state index contributed by atoms with van der Waals surface area (Å²) in [5, 5.41) is 0. The second-order valence-corrected chi connectivity index (χ2v) is 5.17. The Balaban J connectivity index is 0.000000659. The summed E-state index contributed by atoms with van der Waals surface area (Å²) in [7, 11) is 0. The Morgan fingerprint density at radius 3 is 2.28 bits per heavy atom. The van der Waals surface area contributed by atoms with E-state index >= 15 is 0 Å². The van der Waals surface area contributed by atoms with Gasteiger partial charge >= 0.3 is 0 Å². The molecule has 2 unspecified atom stereocenters. The van der Waals surface area contributed by atoms with Crippen LogP contribution in [-0.4, -0.2) is 0 Å². The molecular formula is C18H32. The van der Waals surface area contributed by atoms with Crippen LogP contribution in [-0.2, 0) is 0 Å². The number of hydrogen-bond acceptors (Lipinski definition) is 0. The van der Waals surface area contributed by atoms with Crippen LogP contribution in [0.25, 0.3) is 0 Å². The molecule has 1 fully saturated rings. The Labute approximate surface area is 115 Å². The van der Waals surface area contributed by atoms with E-state index in [9.17, 15) is 0 Å². The van der Waals surface area contributed by atoms with Gasteiger partial charge in [0, 0.05) is 5.41 Å². The summed E-state index contributed by atoms with van der Waals surface area (Å²) in [6.07, 6.45) is 9.43. The Kier molecular flexibility index (Phi) is 7.28. The van der Waals surface area contributed by atoms with Crippen molar-refractivity contribution in [1.29, 1.82) is 0 Å². The summed E-state index contributed by atoms with van der Waals surface area (Å²) in [5.74, 6) is 1.60. The molecule has 0 nitrogen and oxygen atoms in total. The lowest BCUT2D eigenvalue weighted by Gasteiger charge is -2.45. The second kappa shape index (κ2) is 7.61. The highest BCUT2D eigenvalue weighted by Gasteiger charge is 2.39. The van der Waals surface area contributed by atoms with Gasteiger partial charge < -0.3 is 0 Å². The Bertz CT molecular complexity index is 319. The van der Waals surface area contributed by atoms with Crippen molar-refractivity contribution in [2.45, 2.75) is 61.3 Å². The minimum atomic E-state index is 0.304. The zero-order valence-electron chi connectivity index (χ0n) is 13.5. The fourth-order valence-corrected chi connectivity index (χ4v) is 2.82. The molecule has 0 aromatic rings. The molecule has 0 heterocycles. The summed E-state index contributed by atoms with van der Waals surface area (Å²) < 4.78 is 0. The van der Waals surface area contributed by atoms with E-state index in [0.29, 0.717) is 5.41 Å². The predicted molar refractivity (Wildman–Crippen MR) is 84.7 cm³/mol. The fraction of sp³-hybridized carbons (Fsp3) is 0.667. The van der Waals surface area contributed by atoms with Gasteiger partial charge in [0.15, 0.2) is 0 Å². The van der Waals surface area contributed by atoms with E-state index in [1.54, 1.807) is 5.57 Å². The summed E-state index contributed by atoms with van der Waals surface area (Å²) in [5.41, 5.74) is 3.06. The predicted octanol–water partition coefficient (Wildman–Crippen LogP) is 6.16. The first-order chi connectivity index (χ1) is 8.54. The van der Waals surface area contributed by atoms with Gasteiger partial charge in [-0.05, 0) is 30.3 Å². The van der Waals surface area contributed by atoms with Crippen LogP contribution in [0.4, 0.5) is 0 Å². The molecule has 0 heteroatoms. The summed E-state index contributed by atoms with van der Waals surface area (Å²) >= 11 is 0. The highest BCUT2D eigenvalue weighted by molar-refractivity contribution is 5.42. The van der Waals surface area contributed by atoms with Crippen LogP contribution in [0.3, 0.4) is 0 Å². The van der Waals surface area contributed by atoms with Crippen molar-refractivity contribution in [1.82, 2.24) is 0 Å². The average molecular weight is 248 g/mol. The van der Waals surface area contributed by atoms with E-state index in [2.05, 4.69) is 45.6 Å². The van der Waals surface area contributed by atoms with E-state index in [1.165, 1.54) is 18.4 Å². The van der Waals surface area contributed by atoms with Crippen molar-refractivity contribution in [3.05, 3.63) is 36.0 Å². The topological polar surface area (TPSA) is 0 Å². The van der Waals surface area contributed by atoms with E-state index in [1.807, 2.05) is 27.7 Å². The molecule has 0 aliphatic heterocycles. The summed E-state index contributed by atoms with van der Waals surface area (Å²) in [4.78, 5) is 0. The van der Waals surface area contributed by atoms with Gasteiger partial charge in [-0.1, -0.05) is 78.8 Å². The third kappa shape index (κ3) is 3.37. The van der Waals surface area contributed by atoms with Crippen molar-refractivity contribution in [2.75, 3.05) is 0 Å². The third-order valence-electron chi connectivity index (χ3n) is 4.36. The molecule has 0 aromatic carbocycles. The van der Waals surface area contributed by atoms with Gasteiger partial charge in [-0.25, -0.2) is 0 Å². The number of fused-ring (bicyclic) bond motifs is 1. The molecule has 0 amide bonds. The zero-order chi connectivity index (χ0) is 14.3. The number of hydrogen-bond donors (Lipinski definition) is 0. The van der Waals surface area contributed by atoms with Gasteiger partial charge in [-0.2, -0.15) is 0 Å². The second-order valence-electron chi connectivity index (χ2n) is 5.17. The molecule has 0 aromatic heterocycles. The lowest BCUT2D eigenvalue weighted by Crippen LogP contribution is -2.35. The van der Waals surface area contributed by atoms with Crippen LogP contribution in [0.15, 0.2) is 36.0 Å². The third-order valence-corrected chi connectivity index (χ3v) is 4.36. The van der Waals surface area contributed by atoms with Crippen LogP contribution >= 0.6 is 0 Å². The monoisotopic (exact) mass is 248 g/mol. The first-order valence-corrected chi connectivity index (χ1v) is 7.63. The molecular weight excluding hydrogens is 216 g/mol. The molecule has 3 atom stereocenters. The average Bonchev–Trinajstić information content (AvgIpc) is 2.42. The highest BCUT2D eigenvalue weighted by Crippen LogP contribution is 2.50. The highest BCUT2D eigenvalue weighted by atomic mass is 14.4. The first kappa shape index (κ1) is 17.2. The van der Waals surface area contributed by atoms with Gasteiger partial charge in [-0.3, -0.25) is 0 Å². The summed E-state index contributed by atoms with van der Waals surface area (Å²) in [6.45, 7) is 19.2. The van der Waals surface area contributed by atoms with Crippen molar-refractivity contribution >= 4 is 0 Å². The summed E-state index contributed by atoms with van der Waals surface area (Å²) in [6, 6.07) is 0. The number of allylic oxidation sites excluding steroid dienone is 5. The standard InChI is InChI=1S/C14H20.2C2H6/c1-10-7-8-14(4)12(3)11(2)5-6-13(14)9-10;2*1-2/h7-9,11-12H,1,5-6H2,2-4H3;2*1-2H3/t11?,12?,14-;;/m1../s1. The van der Waals surface area contributed by atoms with Crippen LogP contribution in [0.1, 0.15) is 61.3 Å². The molecule has 2 rings (SSSR count). The van der Waals surface area contributed by atoms with Crippen LogP contribution < -0.4 is 0 Å². The Morgan fingerprint density at radius 1 is 1.17 bits per heavy atom. The maximum Gasteiger partial charge on any atom is 0.00972 e. The lowest BCUT2D eigenvalue weighted by atomic mass is 9.59. The van der Waals surface area contributed by atoms with Gasteiger partial charge in [0.2, 0.25) is 0 Å². The molecule has 2 aliphatic carbocycles. The molecule has 104 valence electrons. The van der Waals surface area contributed by atoms with Crippen molar-refractivity contribution < 1.29 is 0 Å². The fourth-order valence-electron chi connectivity index (χ4n) is 2.82. The Morgan fingerprint density at radius 2 is 1.72 bits per heavy atom. The maximum atomic E-state index is 4.02. The van der Waals surface area contributed by atoms with E-state index in [0.717, 1.165) is 11.8 Å². The van der Waals surface area contributed by atoms with Crippen molar-refractivity contribution in [3.8, 4) is 0 Å². The van der Waals surface area contributed by atoms with E-state index in [4.69, 9.17) is 0 Å². The molecule has 0 N–H and O–H groups in total. The van der Waals surface area contributed by atoms with E-state index < -0.39 is 0 Å². The largest absolute Gasteiger partial charge is 0.0918 e. The Hall–Kier alpha value is -0.780. The molecule has 0 radical (unpaired) electrons. The van der Waals surface area contributed by atoms with Gasteiger partial charge in [0.1, 0.15) is 0 Å². The molecule has 2 aliphatic rings. The van der Waals surface area contributed by atoms with Crippen LogP contribution in [0.5, 0.6) is 0 Å². The first-order valence-electron chi connectivity index (χ1n) is 7.63. The molecule has 0 spiro atoms. The number of rotatable bonds is 0. The molecule has 0 saturated heterocycles. The SMILES string of the molecule is C=C1C=C[C@@]2(C)C(=C1)CCC(C)C2C.CC.CC. The van der Waals surface area contributed by atoms with Crippen molar-refractivity contribution in [2.24, 2.45) is 17.3 Å². The maximum absolute atomic E-state index is 4.02. The van der Waals surface area contributed by atoms with Gasteiger partial charge in [-0.15, -0.1) is 0 Å². The lowest BCUT2D eigenvalue weighted by molar-refractivity contribution is 0.186. The molecule has 1 saturated carbocycles. The minimum absolute atomic E-state index is 0.304. The van der Waals surface area contributed by atoms with E-state index in [-0.39, 0.29) is 0 Å². The minimum Gasteiger partial charge on any atom is -0.0918 e. The van der Waals surface area contributed by atoms with Crippen molar-refractivity contribution in [3.63, 3.8) is 0 Å². The zero-order valence-corrected chi connectivity index (χ0v) is 13.5. The smallest absolute Gasteiger partial charge is 0.00972 e. The quantitative estimate of drug-likeness (QED) is 0.481. The van der Waals surface area contributed by atoms with Gasteiger partial charge in [0.05, 0.1) is 0 Å². The van der Waals surface area contributed by atoms with Crippen LogP contribution in [0, 0.1) is 17.3 Å². The van der Waals surface area contributed by atoms with Crippen LogP contribution in [0.2, 0.25) is 0 Å². The molecule has 0 bridgehead atoms.